The molecule has 2 aromatic carbocycles. The Hall–Kier alpha value is -3.67. The van der Waals surface area contributed by atoms with Crippen LogP contribution in [0.1, 0.15) is 32.1 Å². The lowest BCUT2D eigenvalue weighted by Crippen LogP contribution is -2.18. The van der Waals surface area contributed by atoms with Gasteiger partial charge in [0.1, 0.15) is 17.1 Å². The summed E-state index contributed by atoms with van der Waals surface area (Å²) in [4.78, 5) is 29.3. The van der Waals surface area contributed by atoms with Gasteiger partial charge in [0.25, 0.3) is 11.8 Å². The Bertz CT molecular complexity index is 1010. The predicted octanol–water partition coefficient (Wildman–Crippen LogP) is 4.21. The summed E-state index contributed by atoms with van der Waals surface area (Å²) >= 11 is 0. The Morgan fingerprint density at radius 3 is 2.07 bits per heavy atom. The molecule has 0 radical (unpaired) electrons. The van der Waals surface area contributed by atoms with Crippen LogP contribution in [0.3, 0.4) is 0 Å². The summed E-state index contributed by atoms with van der Waals surface area (Å²) in [5.41, 5.74) is 3.58. The second-order valence-corrected chi connectivity index (χ2v) is 6.39. The number of aromatic nitrogens is 1. The van der Waals surface area contributed by atoms with Gasteiger partial charge in [0.15, 0.2) is 0 Å². The summed E-state index contributed by atoms with van der Waals surface area (Å²) in [6.45, 7) is 3.89. The van der Waals surface area contributed by atoms with Gasteiger partial charge >= 0.3 is 0 Å². The number of hydrogen-bond donors (Lipinski definition) is 2. The van der Waals surface area contributed by atoms with Gasteiger partial charge in [-0.15, -0.1) is 0 Å². The van der Waals surface area contributed by atoms with E-state index in [4.69, 9.17) is 4.74 Å². The highest BCUT2D eigenvalue weighted by Gasteiger charge is 2.14. The summed E-state index contributed by atoms with van der Waals surface area (Å²) in [5, 5.41) is 5.56. The molecule has 0 bridgehead atoms. The number of anilines is 2. The highest BCUT2D eigenvalue weighted by molar-refractivity contribution is 6.06. The van der Waals surface area contributed by atoms with Gasteiger partial charge in [-0.05, 0) is 55.8 Å². The van der Waals surface area contributed by atoms with Crippen LogP contribution in [-0.2, 0) is 0 Å². The van der Waals surface area contributed by atoms with Crippen molar-refractivity contribution in [2.45, 2.75) is 13.8 Å². The number of carbonyl (C=O) groups is 2. The number of carbonyl (C=O) groups excluding carboxylic acids is 2. The van der Waals surface area contributed by atoms with Crippen LogP contribution in [0.2, 0.25) is 0 Å². The molecule has 3 rings (SSSR count). The molecule has 0 saturated carbocycles. The zero-order chi connectivity index (χ0) is 20.1. The molecule has 0 fully saturated rings. The Balaban J connectivity index is 1.77. The van der Waals surface area contributed by atoms with Crippen molar-refractivity contribution in [3.63, 3.8) is 0 Å². The molecule has 0 aliphatic rings. The van der Waals surface area contributed by atoms with Gasteiger partial charge in [-0.3, -0.25) is 9.59 Å². The zero-order valence-corrected chi connectivity index (χ0v) is 15.9. The number of hydrogen-bond acceptors (Lipinski definition) is 4. The van der Waals surface area contributed by atoms with Crippen molar-refractivity contribution in [1.82, 2.24) is 4.98 Å². The number of rotatable bonds is 5. The third-order valence-corrected chi connectivity index (χ3v) is 4.13. The minimum atomic E-state index is -0.422. The summed E-state index contributed by atoms with van der Waals surface area (Å²) in [6, 6.07) is 17.7. The molecule has 6 nitrogen and oxygen atoms in total. The molecular formula is C22H21N3O3. The first-order chi connectivity index (χ1) is 13.5. The lowest BCUT2D eigenvalue weighted by molar-refractivity contribution is 0.101. The molecule has 6 heteroatoms. The van der Waals surface area contributed by atoms with Gasteiger partial charge in [-0.2, -0.15) is 0 Å². The second-order valence-electron chi connectivity index (χ2n) is 6.39. The lowest BCUT2D eigenvalue weighted by atomic mass is 10.2. The summed E-state index contributed by atoms with van der Waals surface area (Å²) < 4.78 is 5.27. The third kappa shape index (κ3) is 4.54. The van der Waals surface area contributed by atoms with Gasteiger partial charge in [-0.1, -0.05) is 29.8 Å². The highest BCUT2D eigenvalue weighted by atomic mass is 16.5. The second kappa shape index (κ2) is 8.35. The molecule has 0 aliphatic heterocycles. The summed E-state index contributed by atoms with van der Waals surface area (Å²) in [5.74, 6) is -0.257. The van der Waals surface area contributed by atoms with Crippen LogP contribution in [0.4, 0.5) is 11.4 Å². The predicted molar refractivity (Wildman–Crippen MR) is 109 cm³/mol. The average Bonchev–Trinajstić information content (AvgIpc) is 2.70. The number of amides is 2. The van der Waals surface area contributed by atoms with Crippen LogP contribution < -0.4 is 15.4 Å². The minimum Gasteiger partial charge on any atom is -0.495 e. The van der Waals surface area contributed by atoms with E-state index in [1.54, 1.807) is 24.3 Å². The van der Waals surface area contributed by atoms with Gasteiger partial charge in [0.2, 0.25) is 0 Å². The van der Waals surface area contributed by atoms with Gasteiger partial charge in [0.05, 0.1) is 12.8 Å². The van der Waals surface area contributed by atoms with E-state index in [2.05, 4.69) is 15.6 Å². The molecule has 3 aromatic rings. The quantitative estimate of drug-likeness (QED) is 0.700. The lowest BCUT2D eigenvalue weighted by Gasteiger charge is -2.11. The van der Waals surface area contributed by atoms with Crippen LogP contribution >= 0.6 is 0 Å². The van der Waals surface area contributed by atoms with Crippen molar-refractivity contribution in [1.29, 1.82) is 0 Å². The first-order valence-corrected chi connectivity index (χ1v) is 8.77. The minimum absolute atomic E-state index is 0.139. The molecule has 2 amide bonds. The number of nitrogens with one attached hydrogen (secondary N) is 2. The molecule has 1 aromatic heterocycles. The van der Waals surface area contributed by atoms with E-state index in [-0.39, 0.29) is 17.3 Å². The van der Waals surface area contributed by atoms with E-state index in [0.717, 1.165) is 11.1 Å². The van der Waals surface area contributed by atoms with Crippen molar-refractivity contribution >= 4 is 23.2 Å². The van der Waals surface area contributed by atoms with E-state index < -0.39 is 5.91 Å². The van der Waals surface area contributed by atoms with Crippen LogP contribution in [0.5, 0.6) is 5.75 Å². The third-order valence-electron chi connectivity index (χ3n) is 4.13. The normalized spacial score (nSPS) is 10.2. The van der Waals surface area contributed by atoms with Crippen molar-refractivity contribution in [2.24, 2.45) is 0 Å². The molecule has 142 valence electrons. The van der Waals surface area contributed by atoms with Crippen molar-refractivity contribution in [2.75, 3.05) is 17.7 Å². The maximum absolute atomic E-state index is 12.6. The SMILES string of the molecule is COc1ccc(C)cc1NC(=O)c1cccc(C(=O)Nc2ccc(C)cc2)n1. The largest absolute Gasteiger partial charge is 0.495 e. The summed E-state index contributed by atoms with van der Waals surface area (Å²) in [7, 11) is 1.54. The molecule has 0 spiro atoms. The molecule has 0 aliphatic carbocycles. The van der Waals surface area contributed by atoms with E-state index in [1.165, 1.54) is 7.11 Å². The Kier molecular flexibility index (Phi) is 5.69. The number of nitrogens with zero attached hydrogens (tertiary/aromatic N) is 1. The molecule has 0 atom stereocenters. The average molecular weight is 375 g/mol. The Morgan fingerprint density at radius 2 is 1.43 bits per heavy atom. The fourth-order valence-corrected chi connectivity index (χ4v) is 2.63. The van der Waals surface area contributed by atoms with E-state index in [1.807, 2.05) is 50.2 Å². The van der Waals surface area contributed by atoms with Crippen molar-refractivity contribution < 1.29 is 14.3 Å². The smallest absolute Gasteiger partial charge is 0.274 e. The molecule has 1 heterocycles. The van der Waals surface area contributed by atoms with Gasteiger partial charge < -0.3 is 15.4 Å². The molecule has 28 heavy (non-hydrogen) atoms. The maximum atomic E-state index is 12.6. The monoisotopic (exact) mass is 375 g/mol. The Labute approximate surface area is 163 Å². The van der Waals surface area contributed by atoms with Crippen LogP contribution in [0.15, 0.2) is 60.7 Å². The maximum Gasteiger partial charge on any atom is 0.274 e. The van der Waals surface area contributed by atoms with Gasteiger partial charge in [-0.25, -0.2) is 4.98 Å². The van der Waals surface area contributed by atoms with Crippen molar-refractivity contribution in [3.05, 3.63) is 83.2 Å². The fourth-order valence-electron chi connectivity index (χ4n) is 2.63. The van der Waals surface area contributed by atoms with E-state index in [0.29, 0.717) is 17.1 Å². The molecule has 2 N–H and O–H groups in total. The highest BCUT2D eigenvalue weighted by Crippen LogP contribution is 2.25. The first kappa shape index (κ1) is 19.1. The van der Waals surface area contributed by atoms with Crippen LogP contribution in [0.25, 0.3) is 0 Å². The molecular weight excluding hydrogens is 354 g/mol. The number of benzene rings is 2. The van der Waals surface area contributed by atoms with Crippen LogP contribution in [-0.4, -0.2) is 23.9 Å². The van der Waals surface area contributed by atoms with Crippen molar-refractivity contribution in [3.8, 4) is 5.75 Å². The molecule has 0 saturated heterocycles. The van der Waals surface area contributed by atoms with Gasteiger partial charge in [0, 0.05) is 5.69 Å². The fraction of sp³-hybridized carbons (Fsp3) is 0.136. The summed E-state index contributed by atoms with van der Waals surface area (Å²) in [6.07, 6.45) is 0. The standard InChI is InChI=1S/C22H21N3O3/c1-14-7-10-16(11-8-14)23-21(26)17-5-4-6-18(24-17)22(27)25-19-13-15(2)9-12-20(19)28-3/h4-13H,1-3H3,(H,23,26)(H,25,27). The first-order valence-electron chi connectivity index (χ1n) is 8.77. The topological polar surface area (TPSA) is 80.3 Å². The van der Waals surface area contributed by atoms with E-state index in [9.17, 15) is 9.59 Å². The number of ether oxygens (including phenoxy) is 1. The number of methoxy groups -OCH3 is 1. The van der Waals surface area contributed by atoms with Crippen LogP contribution in [0, 0.1) is 13.8 Å². The van der Waals surface area contributed by atoms with E-state index >= 15 is 0 Å². The molecule has 0 unspecified atom stereocenters. The zero-order valence-electron chi connectivity index (χ0n) is 15.9. The Morgan fingerprint density at radius 1 is 0.821 bits per heavy atom. The number of aryl methyl sites for hydroxylation is 2. The number of pyridine rings is 1.